The van der Waals surface area contributed by atoms with Gasteiger partial charge in [-0.2, -0.15) is 10.4 Å². The van der Waals surface area contributed by atoms with Crippen LogP contribution in [0.5, 0.6) is 5.75 Å². The molecular formula is C30H39N7O3. The number of amides is 1. The first-order chi connectivity index (χ1) is 19.4. The lowest BCUT2D eigenvalue weighted by atomic mass is 9.86. The molecule has 1 aliphatic carbocycles. The minimum absolute atomic E-state index is 0.0213. The minimum Gasteiger partial charge on any atom is -0.492 e. The van der Waals surface area contributed by atoms with E-state index < -0.39 is 5.60 Å². The van der Waals surface area contributed by atoms with Crippen molar-refractivity contribution in [2.24, 2.45) is 0 Å². The SMILES string of the molecule is CCCN(C)CC1(NC(=O)C2(OC)CC2)CCN(c2ccc(-c3cc(OCC)cn4ncc(C#N)c34)cn2)CC1. The molecular weight excluding hydrogens is 506 g/mol. The molecule has 4 heterocycles. The number of nitrogens with one attached hydrogen (secondary N) is 1. The number of piperidine rings is 1. The van der Waals surface area contributed by atoms with Crippen molar-refractivity contribution in [2.75, 3.05) is 51.8 Å². The summed E-state index contributed by atoms with van der Waals surface area (Å²) < 4.78 is 13.0. The quantitative estimate of drug-likeness (QED) is 0.389. The summed E-state index contributed by atoms with van der Waals surface area (Å²) in [5.74, 6) is 1.60. The summed E-state index contributed by atoms with van der Waals surface area (Å²) in [5.41, 5.74) is 2.04. The monoisotopic (exact) mass is 545 g/mol. The third kappa shape index (κ3) is 5.49. The Hall–Kier alpha value is -3.68. The highest BCUT2D eigenvalue weighted by Crippen LogP contribution is 2.40. The van der Waals surface area contributed by atoms with E-state index in [1.165, 1.54) is 0 Å². The van der Waals surface area contributed by atoms with Crippen molar-refractivity contribution >= 4 is 17.2 Å². The van der Waals surface area contributed by atoms with Gasteiger partial charge in [0.25, 0.3) is 5.91 Å². The van der Waals surface area contributed by atoms with Crippen LogP contribution in [0.15, 0.2) is 36.8 Å². The highest BCUT2D eigenvalue weighted by atomic mass is 16.5. The van der Waals surface area contributed by atoms with E-state index in [1.807, 2.05) is 31.3 Å². The highest BCUT2D eigenvalue weighted by Gasteiger charge is 2.53. The molecule has 0 radical (unpaired) electrons. The maximum absolute atomic E-state index is 13.2. The van der Waals surface area contributed by atoms with Gasteiger partial charge in [0, 0.05) is 44.1 Å². The van der Waals surface area contributed by atoms with Crippen LogP contribution in [0.2, 0.25) is 0 Å². The predicted molar refractivity (Wildman–Crippen MR) is 153 cm³/mol. The first kappa shape index (κ1) is 27.9. The molecule has 1 aliphatic heterocycles. The maximum Gasteiger partial charge on any atom is 0.252 e. The normalized spacial score (nSPS) is 17.6. The number of likely N-dealkylation sites (N-methyl/N-ethyl adjacent to an activating group) is 1. The van der Waals surface area contributed by atoms with E-state index in [4.69, 9.17) is 14.5 Å². The fourth-order valence-corrected chi connectivity index (χ4v) is 5.83. The molecule has 1 saturated carbocycles. The number of hydrogen-bond donors (Lipinski definition) is 1. The molecule has 0 unspecified atom stereocenters. The smallest absolute Gasteiger partial charge is 0.252 e. The van der Waals surface area contributed by atoms with Crippen LogP contribution in [0.3, 0.4) is 0 Å². The number of nitrogens with zero attached hydrogens (tertiary/aromatic N) is 6. The number of anilines is 1. The lowest BCUT2D eigenvalue weighted by Crippen LogP contribution is -2.62. The number of pyridine rings is 2. The first-order valence-corrected chi connectivity index (χ1v) is 14.2. The fourth-order valence-electron chi connectivity index (χ4n) is 5.83. The van der Waals surface area contributed by atoms with E-state index in [0.29, 0.717) is 17.9 Å². The van der Waals surface area contributed by atoms with Gasteiger partial charge in [0.15, 0.2) is 0 Å². The second-order valence-corrected chi connectivity index (χ2v) is 11.0. The van der Waals surface area contributed by atoms with Crippen LogP contribution >= 0.6 is 0 Å². The molecule has 10 heteroatoms. The number of nitriles is 1. The molecule has 3 aromatic rings. The fraction of sp³-hybridized carbons (Fsp3) is 0.533. The summed E-state index contributed by atoms with van der Waals surface area (Å²) in [6.45, 7) is 8.03. The molecule has 1 amide bonds. The van der Waals surface area contributed by atoms with E-state index in [2.05, 4.69) is 40.3 Å². The molecule has 40 heavy (non-hydrogen) atoms. The molecule has 0 aromatic carbocycles. The van der Waals surface area contributed by atoms with Gasteiger partial charge in [-0.1, -0.05) is 6.92 Å². The maximum atomic E-state index is 13.2. The Morgan fingerprint density at radius 3 is 2.58 bits per heavy atom. The van der Waals surface area contributed by atoms with Crippen molar-refractivity contribution in [3.8, 4) is 22.9 Å². The molecule has 1 N–H and O–H groups in total. The number of rotatable bonds is 11. The van der Waals surface area contributed by atoms with Gasteiger partial charge in [0.1, 0.15) is 23.2 Å². The minimum atomic E-state index is -0.642. The zero-order valence-electron chi connectivity index (χ0n) is 23.9. The summed E-state index contributed by atoms with van der Waals surface area (Å²) in [7, 11) is 3.76. The molecule has 2 fully saturated rings. The molecule has 212 valence electrons. The first-order valence-electron chi connectivity index (χ1n) is 14.2. The van der Waals surface area contributed by atoms with Gasteiger partial charge in [-0.05, 0) is 70.8 Å². The molecule has 5 rings (SSSR count). The lowest BCUT2D eigenvalue weighted by Gasteiger charge is -2.45. The number of hydrogen-bond acceptors (Lipinski definition) is 8. The van der Waals surface area contributed by atoms with Crippen molar-refractivity contribution in [3.05, 3.63) is 42.4 Å². The second-order valence-electron chi connectivity index (χ2n) is 11.0. The van der Waals surface area contributed by atoms with Gasteiger partial charge >= 0.3 is 0 Å². The number of fused-ring (bicyclic) bond motifs is 1. The van der Waals surface area contributed by atoms with E-state index >= 15 is 0 Å². The Morgan fingerprint density at radius 1 is 1.20 bits per heavy atom. The van der Waals surface area contributed by atoms with Crippen molar-refractivity contribution in [1.82, 2.24) is 24.8 Å². The molecule has 10 nitrogen and oxygen atoms in total. The van der Waals surface area contributed by atoms with Gasteiger partial charge in [-0.3, -0.25) is 4.79 Å². The van der Waals surface area contributed by atoms with Crippen LogP contribution in [0.1, 0.15) is 51.5 Å². The second kappa shape index (κ2) is 11.4. The van der Waals surface area contributed by atoms with Gasteiger partial charge in [-0.15, -0.1) is 0 Å². The number of ether oxygens (including phenoxy) is 2. The van der Waals surface area contributed by atoms with Crippen LogP contribution in [0.25, 0.3) is 16.6 Å². The van der Waals surface area contributed by atoms with Crippen molar-refractivity contribution in [2.45, 2.75) is 57.1 Å². The number of aromatic nitrogens is 3. The van der Waals surface area contributed by atoms with Crippen molar-refractivity contribution < 1.29 is 14.3 Å². The highest BCUT2D eigenvalue weighted by molar-refractivity contribution is 5.89. The van der Waals surface area contributed by atoms with E-state index in [0.717, 1.165) is 80.7 Å². The summed E-state index contributed by atoms with van der Waals surface area (Å²) in [5, 5.41) is 17.4. The molecule has 3 aromatic heterocycles. The average Bonchev–Trinajstić information content (AvgIpc) is 3.66. The van der Waals surface area contributed by atoms with Crippen LogP contribution in [0.4, 0.5) is 5.82 Å². The average molecular weight is 546 g/mol. The zero-order valence-corrected chi connectivity index (χ0v) is 23.9. The molecule has 0 spiro atoms. The van der Waals surface area contributed by atoms with E-state index in [9.17, 15) is 10.1 Å². The van der Waals surface area contributed by atoms with Gasteiger partial charge in [-0.25, -0.2) is 9.50 Å². The number of carbonyl (C=O) groups excluding carboxylic acids is 1. The summed E-state index contributed by atoms with van der Waals surface area (Å²) in [4.78, 5) is 22.6. The number of carbonyl (C=O) groups is 1. The number of methoxy groups -OCH3 is 1. The van der Waals surface area contributed by atoms with Crippen LogP contribution < -0.4 is 15.0 Å². The molecule has 2 aliphatic rings. The molecule has 0 bridgehead atoms. The van der Waals surface area contributed by atoms with Gasteiger partial charge < -0.3 is 24.6 Å². The topological polar surface area (TPSA) is 108 Å². The summed E-state index contributed by atoms with van der Waals surface area (Å²) in [6, 6.07) is 8.25. The van der Waals surface area contributed by atoms with Gasteiger partial charge in [0.05, 0.1) is 35.6 Å². The predicted octanol–water partition coefficient (Wildman–Crippen LogP) is 3.64. The zero-order chi connectivity index (χ0) is 28.3. The molecule has 1 saturated heterocycles. The third-order valence-electron chi connectivity index (χ3n) is 8.19. The van der Waals surface area contributed by atoms with Crippen molar-refractivity contribution in [1.29, 1.82) is 5.26 Å². The van der Waals surface area contributed by atoms with Gasteiger partial charge in [0.2, 0.25) is 0 Å². The Balaban J connectivity index is 1.34. The Morgan fingerprint density at radius 2 is 1.98 bits per heavy atom. The Bertz CT molecular complexity index is 1380. The van der Waals surface area contributed by atoms with Crippen LogP contribution in [0, 0.1) is 11.3 Å². The van der Waals surface area contributed by atoms with E-state index in [1.54, 1.807) is 24.0 Å². The largest absolute Gasteiger partial charge is 0.492 e. The Kier molecular flexibility index (Phi) is 7.97. The summed E-state index contributed by atoms with van der Waals surface area (Å²) >= 11 is 0. The van der Waals surface area contributed by atoms with Crippen LogP contribution in [-0.4, -0.2) is 83.5 Å². The van der Waals surface area contributed by atoms with Crippen molar-refractivity contribution in [3.63, 3.8) is 0 Å². The standard InChI is InChI=1S/C30H39N7O3/c1-5-13-35(3)21-29(34-28(38)30(39-4)9-10-30)11-14-36(15-12-29)26-8-7-22(18-32-26)25-16-24(40-6-2)20-37-27(25)23(17-31)19-33-37/h7-8,16,18-20H,5-6,9-15,21H2,1-4H3,(H,34,38). The third-order valence-corrected chi connectivity index (χ3v) is 8.19. The lowest BCUT2D eigenvalue weighted by molar-refractivity contribution is -0.136. The summed E-state index contributed by atoms with van der Waals surface area (Å²) in [6.07, 6.45) is 9.51. The van der Waals surface area contributed by atoms with E-state index in [-0.39, 0.29) is 11.4 Å². The molecule has 0 atom stereocenters. The van der Waals surface area contributed by atoms with Crippen LogP contribution in [-0.2, 0) is 9.53 Å². The Labute approximate surface area is 235 Å².